The van der Waals surface area contributed by atoms with Gasteiger partial charge in [-0.2, -0.15) is 0 Å². The second-order valence-corrected chi connectivity index (χ2v) is 4.26. The van der Waals surface area contributed by atoms with E-state index in [1.165, 1.54) is 0 Å². The van der Waals surface area contributed by atoms with Gasteiger partial charge < -0.3 is 0 Å². The Bertz CT molecular complexity index is 319. The van der Waals surface area contributed by atoms with Crippen molar-refractivity contribution in [2.24, 2.45) is 5.92 Å². The van der Waals surface area contributed by atoms with Gasteiger partial charge in [-0.25, -0.2) is 4.98 Å². The summed E-state index contributed by atoms with van der Waals surface area (Å²) in [5.41, 5.74) is 0.0549. The first-order chi connectivity index (χ1) is 5.61. The quantitative estimate of drug-likeness (QED) is 0.768. The van der Waals surface area contributed by atoms with Crippen molar-refractivity contribution in [3.8, 4) is 0 Å². The summed E-state index contributed by atoms with van der Waals surface area (Å²) in [6.07, 6.45) is 3.17. The van der Waals surface area contributed by atoms with Crippen molar-refractivity contribution in [3.05, 3.63) is 26.4 Å². The molecular formula is C8H11IN2O. The minimum atomic E-state index is 0.0549. The lowest BCUT2D eigenvalue weighted by Crippen LogP contribution is -2.24. The highest BCUT2D eigenvalue weighted by Gasteiger charge is 2.01. The number of rotatable bonds is 2. The van der Waals surface area contributed by atoms with Crippen molar-refractivity contribution >= 4 is 22.6 Å². The van der Waals surface area contributed by atoms with Crippen LogP contribution in [-0.2, 0) is 6.54 Å². The Labute approximate surface area is 85.0 Å². The molecule has 0 bridgehead atoms. The summed E-state index contributed by atoms with van der Waals surface area (Å²) >= 11 is 2.00. The summed E-state index contributed by atoms with van der Waals surface area (Å²) in [6, 6.07) is 0. The molecule has 0 fully saturated rings. The molecular weight excluding hydrogens is 267 g/mol. The van der Waals surface area contributed by atoms with Gasteiger partial charge >= 0.3 is 0 Å². The summed E-state index contributed by atoms with van der Waals surface area (Å²) in [6.45, 7) is 4.89. The maximum Gasteiger partial charge on any atom is 0.266 e. The second-order valence-electron chi connectivity index (χ2n) is 3.09. The van der Waals surface area contributed by atoms with Gasteiger partial charge in [-0.15, -0.1) is 0 Å². The van der Waals surface area contributed by atoms with Crippen molar-refractivity contribution < 1.29 is 0 Å². The molecule has 1 heterocycles. The highest BCUT2D eigenvalue weighted by Crippen LogP contribution is 1.97. The van der Waals surface area contributed by atoms with E-state index in [9.17, 15) is 4.79 Å². The van der Waals surface area contributed by atoms with Crippen LogP contribution < -0.4 is 5.56 Å². The van der Waals surface area contributed by atoms with Crippen LogP contribution in [0.2, 0.25) is 0 Å². The minimum absolute atomic E-state index is 0.0549. The lowest BCUT2D eigenvalue weighted by atomic mass is 10.2. The first-order valence-electron chi connectivity index (χ1n) is 3.81. The Morgan fingerprint density at radius 1 is 1.67 bits per heavy atom. The van der Waals surface area contributed by atoms with Gasteiger partial charge in [-0.05, 0) is 28.5 Å². The number of aromatic nitrogens is 2. The first-order valence-corrected chi connectivity index (χ1v) is 4.89. The van der Waals surface area contributed by atoms with Crippen LogP contribution in [0.3, 0.4) is 0 Å². The van der Waals surface area contributed by atoms with E-state index in [1.54, 1.807) is 17.1 Å². The predicted molar refractivity (Wildman–Crippen MR) is 56.1 cm³/mol. The molecule has 0 aliphatic heterocycles. The van der Waals surface area contributed by atoms with E-state index in [-0.39, 0.29) is 5.56 Å². The second kappa shape index (κ2) is 4.02. The Balaban J connectivity index is 3.01. The van der Waals surface area contributed by atoms with Crippen molar-refractivity contribution in [1.82, 2.24) is 9.55 Å². The van der Waals surface area contributed by atoms with E-state index in [0.29, 0.717) is 9.49 Å². The maximum atomic E-state index is 11.4. The zero-order chi connectivity index (χ0) is 9.14. The van der Waals surface area contributed by atoms with Crippen LogP contribution in [0.1, 0.15) is 13.8 Å². The summed E-state index contributed by atoms with van der Waals surface area (Å²) in [5, 5.41) is 0. The van der Waals surface area contributed by atoms with Crippen LogP contribution in [0.4, 0.5) is 0 Å². The van der Waals surface area contributed by atoms with Crippen LogP contribution in [-0.4, -0.2) is 9.55 Å². The Morgan fingerprint density at radius 2 is 2.33 bits per heavy atom. The van der Waals surface area contributed by atoms with Gasteiger partial charge in [0.15, 0.2) is 0 Å². The fraction of sp³-hybridized carbons (Fsp3) is 0.500. The molecule has 0 saturated carbocycles. The molecule has 1 aromatic rings. The molecule has 12 heavy (non-hydrogen) atoms. The zero-order valence-electron chi connectivity index (χ0n) is 7.12. The van der Waals surface area contributed by atoms with Crippen LogP contribution in [0, 0.1) is 9.49 Å². The van der Waals surface area contributed by atoms with E-state index in [2.05, 4.69) is 18.8 Å². The molecule has 1 aromatic heterocycles. The maximum absolute atomic E-state index is 11.4. The molecule has 0 N–H and O–H groups in total. The van der Waals surface area contributed by atoms with Gasteiger partial charge in [0.05, 0.1) is 9.90 Å². The fourth-order valence-corrected chi connectivity index (χ4v) is 1.42. The molecule has 0 atom stereocenters. The summed E-state index contributed by atoms with van der Waals surface area (Å²) in [7, 11) is 0. The third-order valence-electron chi connectivity index (χ3n) is 1.42. The standard InChI is InChI=1S/C8H11IN2O/c1-6(2)4-11-5-10-3-7(9)8(11)12/h3,5-6H,4H2,1-2H3. The molecule has 0 aromatic carbocycles. The van der Waals surface area contributed by atoms with E-state index in [0.717, 1.165) is 6.54 Å². The lowest BCUT2D eigenvalue weighted by molar-refractivity contribution is 0.503. The smallest absolute Gasteiger partial charge is 0.266 e. The topological polar surface area (TPSA) is 34.9 Å². The zero-order valence-corrected chi connectivity index (χ0v) is 9.28. The first kappa shape index (κ1) is 9.70. The normalized spacial score (nSPS) is 10.7. The van der Waals surface area contributed by atoms with Gasteiger partial charge in [0.1, 0.15) is 0 Å². The predicted octanol–water partition coefficient (Wildman–Crippen LogP) is 1.50. The molecule has 0 aliphatic rings. The number of nitrogens with zero attached hydrogens (tertiary/aromatic N) is 2. The molecule has 1 rings (SSSR count). The van der Waals surface area contributed by atoms with Gasteiger partial charge in [0.2, 0.25) is 0 Å². The van der Waals surface area contributed by atoms with Gasteiger partial charge in [-0.3, -0.25) is 9.36 Å². The molecule has 0 spiro atoms. The van der Waals surface area contributed by atoms with Gasteiger partial charge in [0.25, 0.3) is 5.56 Å². The highest BCUT2D eigenvalue weighted by molar-refractivity contribution is 14.1. The van der Waals surface area contributed by atoms with E-state index in [1.807, 2.05) is 22.6 Å². The third kappa shape index (κ3) is 2.30. The fourth-order valence-electron chi connectivity index (χ4n) is 0.948. The Hall–Kier alpha value is -0.390. The molecule has 66 valence electrons. The highest BCUT2D eigenvalue weighted by atomic mass is 127. The van der Waals surface area contributed by atoms with Crippen LogP contribution in [0.15, 0.2) is 17.3 Å². The largest absolute Gasteiger partial charge is 0.298 e. The van der Waals surface area contributed by atoms with Crippen molar-refractivity contribution in [2.75, 3.05) is 0 Å². The average Bonchev–Trinajstić information content (AvgIpc) is 1.98. The molecule has 4 heteroatoms. The lowest BCUT2D eigenvalue weighted by Gasteiger charge is -2.06. The molecule has 0 radical (unpaired) electrons. The number of hydrogen-bond donors (Lipinski definition) is 0. The number of halogens is 1. The van der Waals surface area contributed by atoms with Crippen molar-refractivity contribution in [2.45, 2.75) is 20.4 Å². The third-order valence-corrected chi connectivity index (χ3v) is 2.16. The molecule has 0 amide bonds. The minimum Gasteiger partial charge on any atom is -0.298 e. The van der Waals surface area contributed by atoms with Crippen LogP contribution >= 0.6 is 22.6 Å². The average molecular weight is 278 g/mol. The van der Waals surface area contributed by atoms with Gasteiger partial charge in [-0.1, -0.05) is 13.8 Å². The molecule has 0 unspecified atom stereocenters. The molecule has 0 saturated heterocycles. The Morgan fingerprint density at radius 3 is 2.92 bits per heavy atom. The monoisotopic (exact) mass is 278 g/mol. The van der Waals surface area contributed by atoms with Crippen LogP contribution in [0.25, 0.3) is 0 Å². The van der Waals surface area contributed by atoms with E-state index < -0.39 is 0 Å². The number of hydrogen-bond acceptors (Lipinski definition) is 2. The van der Waals surface area contributed by atoms with E-state index >= 15 is 0 Å². The Kier molecular flexibility index (Phi) is 3.25. The van der Waals surface area contributed by atoms with E-state index in [4.69, 9.17) is 0 Å². The molecule has 0 aliphatic carbocycles. The molecule has 3 nitrogen and oxygen atoms in total. The summed E-state index contributed by atoms with van der Waals surface area (Å²) in [5.74, 6) is 0.475. The summed E-state index contributed by atoms with van der Waals surface area (Å²) < 4.78 is 2.32. The van der Waals surface area contributed by atoms with Crippen LogP contribution in [0.5, 0.6) is 0 Å². The van der Waals surface area contributed by atoms with Crippen molar-refractivity contribution in [3.63, 3.8) is 0 Å². The summed E-state index contributed by atoms with van der Waals surface area (Å²) in [4.78, 5) is 15.4. The SMILES string of the molecule is CC(C)Cn1cncc(I)c1=O. The van der Waals surface area contributed by atoms with Gasteiger partial charge in [0, 0.05) is 12.7 Å². The van der Waals surface area contributed by atoms with Crippen molar-refractivity contribution in [1.29, 1.82) is 0 Å².